The highest BCUT2D eigenvalue weighted by Gasteiger charge is 2.27. The molecule has 0 heterocycles. The molecule has 0 spiro atoms. The van der Waals surface area contributed by atoms with Crippen molar-refractivity contribution in [3.63, 3.8) is 0 Å². The Balaban J connectivity index is 4.28. The van der Waals surface area contributed by atoms with Crippen LogP contribution in [-0.4, -0.2) is 23.1 Å². The molecule has 1 unspecified atom stereocenters. The molecule has 0 bridgehead atoms. The van der Waals surface area contributed by atoms with Gasteiger partial charge in [0.2, 0.25) is 0 Å². The van der Waals surface area contributed by atoms with Crippen molar-refractivity contribution in [1.82, 2.24) is 0 Å². The van der Waals surface area contributed by atoms with Gasteiger partial charge >= 0.3 is 18.0 Å². The van der Waals surface area contributed by atoms with Crippen LogP contribution in [0, 0.1) is 5.92 Å². The van der Waals surface area contributed by atoms with Crippen molar-refractivity contribution in [2.24, 2.45) is 11.7 Å². The minimum Gasteiger partial charge on any atom is -0.481 e. The second-order valence-electron chi connectivity index (χ2n) is 2.42. The Bertz CT molecular complexity index is 225. The Labute approximate surface area is 74.7 Å². The van der Waals surface area contributed by atoms with E-state index in [-0.39, 0.29) is 6.42 Å². The van der Waals surface area contributed by atoms with Gasteiger partial charge < -0.3 is 15.6 Å². The van der Waals surface area contributed by atoms with Gasteiger partial charge in [-0.25, -0.2) is 4.79 Å². The summed E-state index contributed by atoms with van der Waals surface area (Å²) in [6, 6.07) is 0. The predicted molar refractivity (Wildman–Crippen MR) is 41.7 cm³/mol. The van der Waals surface area contributed by atoms with Gasteiger partial charge in [-0.05, 0) is 6.42 Å². The fourth-order valence-electron chi connectivity index (χ4n) is 0.801. The Kier molecular flexibility index (Phi) is 4.50. The van der Waals surface area contributed by atoms with Crippen LogP contribution in [0.2, 0.25) is 0 Å². The highest BCUT2D eigenvalue weighted by molar-refractivity contribution is 5.97. The van der Waals surface area contributed by atoms with Gasteiger partial charge in [-0.2, -0.15) is 0 Å². The first kappa shape index (κ1) is 11.4. The van der Waals surface area contributed by atoms with E-state index >= 15 is 0 Å². The molecular formula is C7H11NO5. The third-order valence-corrected chi connectivity index (χ3v) is 1.36. The summed E-state index contributed by atoms with van der Waals surface area (Å²) in [5.74, 6) is -3.73. The van der Waals surface area contributed by atoms with E-state index in [1.165, 1.54) is 0 Å². The molecular weight excluding hydrogens is 178 g/mol. The van der Waals surface area contributed by atoms with Gasteiger partial charge in [0.05, 0.1) is 0 Å². The maximum atomic E-state index is 10.9. The number of esters is 1. The molecule has 1 amide bonds. The van der Waals surface area contributed by atoms with E-state index in [0.717, 1.165) is 0 Å². The van der Waals surface area contributed by atoms with Crippen LogP contribution < -0.4 is 5.73 Å². The molecule has 0 radical (unpaired) electrons. The third kappa shape index (κ3) is 4.09. The lowest BCUT2D eigenvalue weighted by atomic mass is 10.1. The molecule has 0 saturated heterocycles. The van der Waals surface area contributed by atoms with E-state index in [4.69, 9.17) is 5.11 Å². The van der Waals surface area contributed by atoms with Crippen molar-refractivity contribution in [2.75, 3.05) is 0 Å². The molecule has 0 aromatic rings. The Morgan fingerprint density at radius 2 is 2.00 bits per heavy atom. The van der Waals surface area contributed by atoms with Crippen molar-refractivity contribution in [3.8, 4) is 0 Å². The SMILES string of the molecule is CCCC(C(=O)O)C(=O)OC(N)=O. The first-order chi connectivity index (χ1) is 5.99. The fourth-order valence-corrected chi connectivity index (χ4v) is 0.801. The average Bonchev–Trinajstić information content (AvgIpc) is 1.97. The quantitative estimate of drug-likeness (QED) is 0.482. The summed E-state index contributed by atoms with van der Waals surface area (Å²) >= 11 is 0. The molecule has 0 aliphatic heterocycles. The van der Waals surface area contributed by atoms with Gasteiger partial charge in [0.15, 0.2) is 5.92 Å². The van der Waals surface area contributed by atoms with Gasteiger partial charge in [0, 0.05) is 0 Å². The molecule has 0 rings (SSSR count). The number of ether oxygens (including phenoxy) is 1. The van der Waals surface area contributed by atoms with E-state index in [2.05, 4.69) is 10.5 Å². The van der Waals surface area contributed by atoms with Crippen LogP contribution in [0.1, 0.15) is 19.8 Å². The van der Waals surface area contributed by atoms with Gasteiger partial charge in [-0.3, -0.25) is 9.59 Å². The normalized spacial score (nSPS) is 11.8. The molecule has 74 valence electrons. The van der Waals surface area contributed by atoms with Crippen LogP contribution >= 0.6 is 0 Å². The molecule has 13 heavy (non-hydrogen) atoms. The van der Waals surface area contributed by atoms with Crippen molar-refractivity contribution in [3.05, 3.63) is 0 Å². The van der Waals surface area contributed by atoms with Crippen LogP contribution in [0.3, 0.4) is 0 Å². The number of nitrogens with two attached hydrogens (primary N) is 1. The zero-order valence-corrected chi connectivity index (χ0v) is 7.15. The van der Waals surface area contributed by atoms with Crippen LogP contribution in [0.4, 0.5) is 4.79 Å². The van der Waals surface area contributed by atoms with Crippen LogP contribution in [-0.2, 0) is 14.3 Å². The highest BCUT2D eigenvalue weighted by atomic mass is 16.6. The third-order valence-electron chi connectivity index (χ3n) is 1.36. The number of carbonyl (C=O) groups excluding carboxylic acids is 2. The van der Waals surface area contributed by atoms with Gasteiger partial charge in [-0.1, -0.05) is 13.3 Å². The molecule has 6 heteroatoms. The average molecular weight is 189 g/mol. The Hall–Kier alpha value is -1.59. The van der Waals surface area contributed by atoms with Gasteiger partial charge in [0.1, 0.15) is 0 Å². The molecule has 0 aromatic heterocycles. The zero-order chi connectivity index (χ0) is 10.4. The fraction of sp³-hybridized carbons (Fsp3) is 0.571. The van der Waals surface area contributed by atoms with Crippen LogP contribution in [0.25, 0.3) is 0 Å². The lowest BCUT2D eigenvalue weighted by Gasteiger charge is -2.07. The van der Waals surface area contributed by atoms with Gasteiger partial charge in [-0.15, -0.1) is 0 Å². The maximum Gasteiger partial charge on any atom is 0.412 e. The van der Waals surface area contributed by atoms with E-state index in [0.29, 0.717) is 6.42 Å². The number of hydrogen-bond donors (Lipinski definition) is 2. The summed E-state index contributed by atoms with van der Waals surface area (Å²) in [6.45, 7) is 1.72. The topological polar surface area (TPSA) is 107 Å². The summed E-state index contributed by atoms with van der Waals surface area (Å²) in [7, 11) is 0. The van der Waals surface area contributed by atoms with E-state index < -0.39 is 23.9 Å². The maximum absolute atomic E-state index is 10.9. The molecule has 0 aliphatic carbocycles. The Morgan fingerprint density at radius 3 is 2.31 bits per heavy atom. The number of rotatable bonds is 4. The minimum absolute atomic E-state index is 0.126. The number of carbonyl (C=O) groups is 3. The van der Waals surface area contributed by atoms with Crippen molar-refractivity contribution >= 4 is 18.0 Å². The molecule has 0 aromatic carbocycles. The molecule has 6 nitrogen and oxygen atoms in total. The summed E-state index contributed by atoms with van der Waals surface area (Å²) < 4.78 is 3.95. The van der Waals surface area contributed by atoms with Crippen LogP contribution in [0.15, 0.2) is 0 Å². The van der Waals surface area contributed by atoms with Crippen molar-refractivity contribution in [2.45, 2.75) is 19.8 Å². The van der Waals surface area contributed by atoms with Crippen LogP contribution in [0.5, 0.6) is 0 Å². The van der Waals surface area contributed by atoms with Crippen molar-refractivity contribution < 1.29 is 24.2 Å². The summed E-state index contributed by atoms with van der Waals surface area (Å²) in [6.07, 6.45) is -0.654. The van der Waals surface area contributed by atoms with E-state index in [9.17, 15) is 14.4 Å². The lowest BCUT2D eigenvalue weighted by Crippen LogP contribution is -2.29. The monoisotopic (exact) mass is 189 g/mol. The number of aliphatic carboxylic acids is 1. The molecule has 3 N–H and O–H groups in total. The Morgan fingerprint density at radius 1 is 1.46 bits per heavy atom. The summed E-state index contributed by atoms with van der Waals surface area (Å²) in [4.78, 5) is 31.5. The van der Waals surface area contributed by atoms with E-state index in [1.807, 2.05) is 0 Å². The predicted octanol–water partition coefficient (Wildman–Crippen LogP) is 0.109. The highest BCUT2D eigenvalue weighted by Crippen LogP contribution is 2.08. The minimum atomic E-state index is -1.31. The zero-order valence-electron chi connectivity index (χ0n) is 7.15. The van der Waals surface area contributed by atoms with Gasteiger partial charge in [0.25, 0.3) is 0 Å². The second kappa shape index (κ2) is 5.13. The number of amides is 1. The molecule has 1 atom stereocenters. The second-order valence-corrected chi connectivity index (χ2v) is 2.42. The smallest absolute Gasteiger partial charge is 0.412 e. The number of hydrogen-bond acceptors (Lipinski definition) is 4. The largest absolute Gasteiger partial charge is 0.481 e. The molecule has 0 saturated carbocycles. The number of carboxylic acid groups (broad SMARTS) is 1. The lowest BCUT2D eigenvalue weighted by molar-refractivity contribution is -0.154. The van der Waals surface area contributed by atoms with E-state index in [1.54, 1.807) is 6.92 Å². The van der Waals surface area contributed by atoms with Crippen molar-refractivity contribution in [1.29, 1.82) is 0 Å². The first-order valence-electron chi connectivity index (χ1n) is 3.73. The first-order valence-corrected chi connectivity index (χ1v) is 3.73. The number of carboxylic acids is 1. The molecule has 0 fully saturated rings. The standard InChI is InChI=1S/C7H11NO5/c1-2-3-4(5(9)10)6(11)13-7(8)12/h4H,2-3H2,1H3,(H2,8,12)(H,9,10). The summed E-state index contributed by atoms with van der Waals surface area (Å²) in [5, 5.41) is 8.53. The number of primary amides is 1. The summed E-state index contributed by atoms with van der Waals surface area (Å²) in [5.41, 5.74) is 4.55. The molecule has 0 aliphatic rings.